The number of fused-ring (bicyclic) bond motifs is 2. The molecule has 0 aromatic carbocycles. The summed E-state index contributed by atoms with van der Waals surface area (Å²) in [4.78, 5) is 0. The van der Waals surface area contributed by atoms with Gasteiger partial charge in [0, 0.05) is 6.42 Å². The Bertz CT molecular complexity index is 985. The zero-order valence-corrected chi connectivity index (χ0v) is 20.0. The van der Waals surface area contributed by atoms with Gasteiger partial charge in [0.25, 0.3) is 0 Å². The lowest BCUT2D eigenvalue weighted by atomic mass is 9.45. The number of hydrogen-bond donors (Lipinski definition) is 0. The maximum Gasteiger partial charge on any atom is 0.460 e. The second-order valence-corrected chi connectivity index (χ2v) is 10.7. The van der Waals surface area contributed by atoms with Crippen LogP contribution in [0.25, 0.3) is 0 Å². The first-order valence-corrected chi connectivity index (χ1v) is 11.0. The topological polar surface area (TPSA) is 0 Å². The minimum Gasteiger partial charge on any atom is -0.200 e. The van der Waals surface area contributed by atoms with Gasteiger partial charge in [-0.25, -0.2) is 0 Å². The van der Waals surface area contributed by atoms with E-state index in [-0.39, 0.29) is 18.8 Å². The van der Waals surface area contributed by atoms with Crippen LogP contribution in [-0.2, 0) is 0 Å². The number of rotatable bonds is 10. The maximum atomic E-state index is 14.4. The van der Waals surface area contributed by atoms with Gasteiger partial charge in [-0.2, -0.15) is 92.2 Å². The first kappa shape index (κ1) is 35.7. The van der Waals surface area contributed by atoms with Crippen LogP contribution in [0.2, 0.25) is 0 Å². The minimum absolute atomic E-state index is 0.0263. The average molecular weight is 656 g/mol. The summed E-state index contributed by atoms with van der Waals surface area (Å²) < 4.78 is 284. The van der Waals surface area contributed by atoms with E-state index < -0.39 is 89.6 Å². The molecule has 3 atom stereocenters. The Labute approximate surface area is 215 Å². The van der Waals surface area contributed by atoms with Crippen molar-refractivity contribution in [2.24, 2.45) is 23.2 Å². The fraction of sp³-hybridized carbons (Fsp3) is 1.00. The summed E-state index contributed by atoms with van der Waals surface area (Å²) in [6.07, 6.45) is -10.8. The smallest absolute Gasteiger partial charge is 0.200 e. The third-order valence-corrected chi connectivity index (χ3v) is 8.10. The van der Waals surface area contributed by atoms with Crippen LogP contribution in [-0.4, -0.2) is 59.5 Å². The molecule has 2 bridgehead atoms. The number of hydrogen-bond acceptors (Lipinski definition) is 0. The van der Waals surface area contributed by atoms with Crippen LogP contribution in [0.1, 0.15) is 39.5 Å². The highest BCUT2D eigenvalue weighted by Crippen LogP contribution is 2.68. The molecule has 3 unspecified atom stereocenters. The van der Waals surface area contributed by atoms with Gasteiger partial charge in [0.1, 0.15) is 0 Å². The van der Waals surface area contributed by atoms with Crippen molar-refractivity contribution >= 4 is 0 Å². The molecule has 0 spiro atoms. The Kier molecular flexibility index (Phi) is 7.87. The molecule has 41 heavy (non-hydrogen) atoms. The highest BCUT2D eigenvalue weighted by Gasteiger charge is 2.97. The van der Waals surface area contributed by atoms with Crippen LogP contribution in [0.15, 0.2) is 0 Å². The third-order valence-electron chi connectivity index (χ3n) is 8.10. The summed E-state index contributed by atoms with van der Waals surface area (Å²) in [7, 11) is 0. The van der Waals surface area contributed by atoms with Crippen LogP contribution in [0.4, 0.5) is 92.2 Å². The van der Waals surface area contributed by atoms with Gasteiger partial charge in [-0.05, 0) is 42.4 Å². The maximum absolute atomic E-state index is 14.4. The van der Waals surface area contributed by atoms with E-state index in [1.165, 1.54) is 13.8 Å². The Morgan fingerprint density at radius 1 is 0.463 bits per heavy atom. The lowest BCUT2D eigenvalue weighted by Crippen LogP contribution is -2.76. The minimum atomic E-state index is -9.13. The summed E-state index contributed by atoms with van der Waals surface area (Å²) in [6.45, 7) is 2.86. The van der Waals surface area contributed by atoms with Crippen molar-refractivity contribution in [2.45, 2.75) is 99.0 Å². The fourth-order valence-corrected chi connectivity index (χ4v) is 5.26. The van der Waals surface area contributed by atoms with Crippen molar-refractivity contribution in [1.29, 1.82) is 0 Å². The molecule has 0 saturated heterocycles. The van der Waals surface area contributed by atoms with E-state index in [9.17, 15) is 92.2 Å². The van der Waals surface area contributed by atoms with E-state index in [0.717, 1.165) is 0 Å². The van der Waals surface area contributed by atoms with Crippen LogP contribution in [0.3, 0.4) is 0 Å². The summed E-state index contributed by atoms with van der Waals surface area (Å²) in [5, 5.41) is 0. The largest absolute Gasteiger partial charge is 0.460 e. The quantitative estimate of drug-likeness (QED) is 0.206. The van der Waals surface area contributed by atoms with Gasteiger partial charge >= 0.3 is 59.5 Å². The molecule has 3 saturated carbocycles. The first-order valence-electron chi connectivity index (χ1n) is 11.0. The van der Waals surface area contributed by atoms with E-state index in [4.69, 9.17) is 0 Å². The second kappa shape index (κ2) is 9.03. The molecule has 21 heteroatoms. The van der Waals surface area contributed by atoms with Crippen molar-refractivity contribution in [3.63, 3.8) is 0 Å². The molecule has 3 fully saturated rings. The molecule has 0 aromatic heterocycles. The van der Waals surface area contributed by atoms with Crippen molar-refractivity contribution < 1.29 is 92.2 Å². The van der Waals surface area contributed by atoms with Crippen molar-refractivity contribution in [3.05, 3.63) is 0 Å². The highest BCUT2D eigenvalue weighted by molar-refractivity contribution is 5.18. The SMILES string of the molecule is CC1(C)C2CCC(CC(F)(F)C(F)(F)C(F)(F)C(F)(F)C(F)(F)C(F)(F)C(F)(F)C(F)(F)C(F)(F)C(F)(F)F)C1C2. The molecule has 0 N–H and O–H groups in total. The average Bonchev–Trinajstić information content (AvgIpc) is 2.76. The van der Waals surface area contributed by atoms with E-state index in [2.05, 4.69) is 0 Å². The molecule has 0 radical (unpaired) electrons. The van der Waals surface area contributed by atoms with Crippen molar-refractivity contribution in [1.82, 2.24) is 0 Å². The molecule has 0 heterocycles. The van der Waals surface area contributed by atoms with Crippen LogP contribution in [0, 0.1) is 23.2 Å². The third kappa shape index (κ3) is 4.29. The van der Waals surface area contributed by atoms with Gasteiger partial charge in [-0.1, -0.05) is 13.8 Å². The van der Waals surface area contributed by atoms with Crippen LogP contribution in [0.5, 0.6) is 0 Å². The van der Waals surface area contributed by atoms with Gasteiger partial charge in [-0.15, -0.1) is 0 Å². The van der Waals surface area contributed by atoms with E-state index in [1.807, 2.05) is 0 Å². The Hall–Kier alpha value is -1.47. The second-order valence-electron chi connectivity index (χ2n) is 10.7. The van der Waals surface area contributed by atoms with Crippen molar-refractivity contribution in [2.75, 3.05) is 0 Å². The zero-order chi connectivity index (χ0) is 33.1. The van der Waals surface area contributed by atoms with Gasteiger partial charge in [0.15, 0.2) is 0 Å². The summed E-state index contributed by atoms with van der Waals surface area (Å²) >= 11 is 0. The predicted molar refractivity (Wildman–Crippen MR) is 93.3 cm³/mol. The van der Waals surface area contributed by atoms with E-state index in [0.29, 0.717) is 0 Å². The van der Waals surface area contributed by atoms with E-state index >= 15 is 0 Å². The van der Waals surface area contributed by atoms with Crippen LogP contribution < -0.4 is 0 Å². The molecular formula is C20H17F21. The molecule has 0 aliphatic heterocycles. The molecule has 0 amide bonds. The molecule has 3 aliphatic carbocycles. The highest BCUT2D eigenvalue weighted by atomic mass is 19.4. The van der Waals surface area contributed by atoms with E-state index in [1.54, 1.807) is 0 Å². The monoisotopic (exact) mass is 656 g/mol. The Balaban J connectivity index is 2.55. The van der Waals surface area contributed by atoms with Crippen molar-refractivity contribution in [3.8, 4) is 0 Å². The standard InChI is InChI=1S/C20H17F21/c1-10(2)8-4-3-7(9(10)5-8)6-11(21,22)12(23,24)13(25,26)14(27,28)15(29,30)16(31,32)17(33,34)18(35,36)19(37,38)20(39,40)41/h7-9H,3-6H2,1-2H3. The van der Waals surface area contributed by atoms with Crippen LogP contribution >= 0.6 is 0 Å². The van der Waals surface area contributed by atoms with Gasteiger partial charge in [0.2, 0.25) is 0 Å². The molecular weight excluding hydrogens is 639 g/mol. The summed E-state index contributed by atoms with van der Waals surface area (Å²) in [6, 6.07) is 0. The fourth-order valence-electron chi connectivity index (χ4n) is 5.26. The Morgan fingerprint density at radius 3 is 1.07 bits per heavy atom. The predicted octanol–water partition coefficient (Wildman–Crippen LogP) is 9.73. The van der Waals surface area contributed by atoms with Gasteiger partial charge in [-0.3, -0.25) is 0 Å². The normalized spacial score (nSPS) is 25.7. The molecule has 0 aromatic rings. The van der Waals surface area contributed by atoms with Gasteiger partial charge < -0.3 is 0 Å². The molecule has 3 rings (SSSR count). The molecule has 244 valence electrons. The molecule has 3 aliphatic rings. The lowest BCUT2D eigenvalue weighted by Gasteiger charge is -2.60. The zero-order valence-electron chi connectivity index (χ0n) is 20.0. The lowest BCUT2D eigenvalue weighted by molar-refractivity contribution is -0.474. The first-order chi connectivity index (χ1) is 17.6. The van der Waals surface area contributed by atoms with Gasteiger partial charge in [0.05, 0.1) is 0 Å². The number of alkyl halides is 21. The summed E-state index contributed by atoms with van der Waals surface area (Å²) in [5.41, 5.74) is -0.870. The molecule has 0 nitrogen and oxygen atoms in total. The Morgan fingerprint density at radius 2 is 0.780 bits per heavy atom. The number of halogens is 21. The summed E-state index contributed by atoms with van der Waals surface area (Å²) in [5.74, 6) is -79.1.